The van der Waals surface area contributed by atoms with Gasteiger partial charge in [-0.2, -0.15) is 0 Å². The summed E-state index contributed by atoms with van der Waals surface area (Å²) >= 11 is 0. The molecule has 6 heteroatoms. The predicted molar refractivity (Wildman–Crippen MR) is 127 cm³/mol. The summed E-state index contributed by atoms with van der Waals surface area (Å²) in [6.45, 7) is 8.81. The van der Waals surface area contributed by atoms with Gasteiger partial charge < -0.3 is 19.3 Å². The van der Waals surface area contributed by atoms with E-state index < -0.39 is 11.7 Å². The quantitative estimate of drug-likeness (QED) is 0.654. The van der Waals surface area contributed by atoms with Crippen molar-refractivity contribution in [2.24, 2.45) is 0 Å². The van der Waals surface area contributed by atoms with Crippen molar-refractivity contribution in [3.05, 3.63) is 72.4 Å². The number of rotatable bonds is 5. The van der Waals surface area contributed by atoms with E-state index in [1.54, 1.807) is 4.90 Å². The maximum absolute atomic E-state index is 12.3. The minimum atomic E-state index is -0.596. The second kappa shape index (κ2) is 9.35. The third kappa shape index (κ3) is 5.14. The molecule has 3 aromatic rings. The second-order valence-corrected chi connectivity index (χ2v) is 9.47. The Labute approximate surface area is 190 Å². The number of piperazine rings is 1. The fourth-order valence-electron chi connectivity index (χ4n) is 4.37. The molecule has 32 heavy (non-hydrogen) atoms. The summed E-state index contributed by atoms with van der Waals surface area (Å²) in [5.41, 5.74) is 1.69. The number of hydrogen-bond acceptors (Lipinski definition) is 4. The van der Waals surface area contributed by atoms with E-state index in [4.69, 9.17) is 4.74 Å². The molecule has 0 radical (unpaired) electrons. The lowest BCUT2D eigenvalue weighted by Gasteiger charge is -2.37. The van der Waals surface area contributed by atoms with Gasteiger partial charge in [-0.1, -0.05) is 48.5 Å². The Bertz CT molecular complexity index is 1030. The van der Waals surface area contributed by atoms with Gasteiger partial charge in [0.15, 0.2) is 0 Å². The Hall–Kier alpha value is -2.83. The molecule has 1 fully saturated rings. The van der Waals surface area contributed by atoms with Crippen molar-refractivity contribution in [1.29, 1.82) is 0 Å². The van der Waals surface area contributed by atoms with Crippen molar-refractivity contribution < 1.29 is 14.6 Å². The summed E-state index contributed by atoms with van der Waals surface area (Å²) in [5, 5.41) is 12.6. The predicted octanol–water partition coefficient (Wildman–Crippen LogP) is 4.14. The van der Waals surface area contributed by atoms with Crippen molar-refractivity contribution in [2.45, 2.75) is 38.5 Å². The zero-order chi connectivity index (χ0) is 22.7. The molecule has 2 aromatic carbocycles. The van der Waals surface area contributed by atoms with Crippen molar-refractivity contribution in [2.75, 3.05) is 32.7 Å². The van der Waals surface area contributed by atoms with Gasteiger partial charge in [-0.15, -0.1) is 0 Å². The third-order valence-electron chi connectivity index (χ3n) is 5.90. The maximum atomic E-state index is 12.3. The normalized spacial score (nSPS) is 17.3. The van der Waals surface area contributed by atoms with E-state index in [1.165, 1.54) is 0 Å². The molecule has 0 aliphatic carbocycles. The SMILES string of the molecule is CC(C)(C)OC(=O)N1CCN(CC(O)C(c2ccccc2)n2ccc3ccccc32)CC1. The number of ether oxygens (including phenoxy) is 1. The molecule has 1 aliphatic rings. The molecule has 1 saturated heterocycles. The highest BCUT2D eigenvalue weighted by molar-refractivity contribution is 5.80. The van der Waals surface area contributed by atoms with Gasteiger partial charge in [0.25, 0.3) is 0 Å². The monoisotopic (exact) mass is 435 g/mol. The highest BCUT2D eigenvalue weighted by atomic mass is 16.6. The van der Waals surface area contributed by atoms with Crippen LogP contribution in [0.1, 0.15) is 32.4 Å². The number of benzene rings is 2. The van der Waals surface area contributed by atoms with E-state index >= 15 is 0 Å². The van der Waals surface area contributed by atoms with E-state index in [0.29, 0.717) is 32.7 Å². The highest BCUT2D eigenvalue weighted by Gasteiger charge is 2.30. The molecular weight excluding hydrogens is 402 g/mol. The highest BCUT2D eigenvalue weighted by Crippen LogP contribution is 2.28. The Kier molecular flexibility index (Phi) is 6.53. The fraction of sp³-hybridized carbons (Fsp3) is 0.423. The number of aliphatic hydroxyl groups is 1. The largest absolute Gasteiger partial charge is 0.444 e. The maximum Gasteiger partial charge on any atom is 0.410 e. The number of fused-ring (bicyclic) bond motifs is 1. The van der Waals surface area contributed by atoms with Crippen molar-refractivity contribution in [3.63, 3.8) is 0 Å². The number of nitrogens with zero attached hydrogens (tertiary/aromatic N) is 3. The van der Waals surface area contributed by atoms with Gasteiger partial charge in [0, 0.05) is 44.4 Å². The molecule has 2 unspecified atom stereocenters. The van der Waals surface area contributed by atoms with E-state index in [-0.39, 0.29) is 12.1 Å². The smallest absolute Gasteiger partial charge is 0.410 e. The Morgan fingerprint density at radius 1 is 0.969 bits per heavy atom. The van der Waals surface area contributed by atoms with Crippen LogP contribution in [0.2, 0.25) is 0 Å². The molecule has 1 aromatic heterocycles. The van der Waals surface area contributed by atoms with Crippen LogP contribution >= 0.6 is 0 Å². The van der Waals surface area contributed by atoms with Crippen LogP contribution in [0.25, 0.3) is 10.9 Å². The first kappa shape index (κ1) is 22.4. The molecular formula is C26H33N3O3. The van der Waals surface area contributed by atoms with E-state index in [2.05, 4.69) is 46.0 Å². The lowest BCUT2D eigenvalue weighted by molar-refractivity contribution is 0.00802. The molecule has 0 saturated carbocycles. The number of carbonyl (C=O) groups excluding carboxylic acids is 1. The molecule has 1 amide bonds. The summed E-state index contributed by atoms with van der Waals surface area (Å²) in [5.74, 6) is 0. The summed E-state index contributed by atoms with van der Waals surface area (Å²) < 4.78 is 7.67. The van der Waals surface area contributed by atoms with Crippen LogP contribution in [-0.4, -0.2) is 70.0 Å². The molecule has 2 heterocycles. The van der Waals surface area contributed by atoms with Crippen LogP contribution in [0.3, 0.4) is 0 Å². The molecule has 0 spiro atoms. The second-order valence-electron chi connectivity index (χ2n) is 9.47. The number of hydrogen-bond donors (Lipinski definition) is 1. The first-order valence-corrected chi connectivity index (χ1v) is 11.3. The minimum Gasteiger partial charge on any atom is -0.444 e. The van der Waals surface area contributed by atoms with Crippen LogP contribution in [0, 0.1) is 0 Å². The number of β-amino-alcohol motifs (C(OH)–C–C–N with tert-alkyl or cyclic N) is 1. The van der Waals surface area contributed by atoms with Crippen LogP contribution in [0.4, 0.5) is 4.79 Å². The third-order valence-corrected chi connectivity index (χ3v) is 5.90. The molecule has 4 rings (SSSR count). The summed E-state index contributed by atoms with van der Waals surface area (Å²) in [6.07, 6.45) is 1.20. The van der Waals surface area contributed by atoms with Crippen molar-refractivity contribution in [1.82, 2.24) is 14.4 Å². The lowest BCUT2D eigenvalue weighted by atomic mass is 10.00. The Balaban J connectivity index is 1.47. The molecule has 1 aliphatic heterocycles. The molecule has 170 valence electrons. The summed E-state index contributed by atoms with van der Waals surface area (Å²) in [4.78, 5) is 16.3. The zero-order valence-corrected chi connectivity index (χ0v) is 19.1. The van der Waals surface area contributed by atoms with Gasteiger partial charge in [-0.3, -0.25) is 4.90 Å². The topological polar surface area (TPSA) is 57.9 Å². The Morgan fingerprint density at radius 2 is 1.62 bits per heavy atom. The van der Waals surface area contributed by atoms with Gasteiger partial charge in [-0.25, -0.2) is 4.79 Å². The average molecular weight is 436 g/mol. The molecule has 0 bridgehead atoms. The zero-order valence-electron chi connectivity index (χ0n) is 19.1. The number of aliphatic hydroxyl groups excluding tert-OH is 1. The lowest BCUT2D eigenvalue weighted by Crippen LogP contribution is -2.52. The first-order chi connectivity index (χ1) is 15.3. The van der Waals surface area contributed by atoms with E-state index in [9.17, 15) is 9.90 Å². The fourth-order valence-corrected chi connectivity index (χ4v) is 4.37. The van der Waals surface area contributed by atoms with Crippen LogP contribution in [0.15, 0.2) is 66.9 Å². The summed E-state index contributed by atoms with van der Waals surface area (Å²) in [7, 11) is 0. The molecule has 6 nitrogen and oxygen atoms in total. The van der Waals surface area contributed by atoms with Crippen LogP contribution in [-0.2, 0) is 4.74 Å². The van der Waals surface area contributed by atoms with Gasteiger partial charge >= 0.3 is 6.09 Å². The molecule has 2 atom stereocenters. The number of aromatic nitrogens is 1. The van der Waals surface area contributed by atoms with Crippen molar-refractivity contribution in [3.8, 4) is 0 Å². The van der Waals surface area contributed by atoms with Crippen LogP contribution in [0.5, 0.6) is 0 Å². The Morgan fingerprint density at radius 3 is 2.31 bits per heavy atom. The number of para-hydroxylation sites is 1. The van der Waals surface area contributed by atoms with Gasteiger partial charge in [0.1, 0.15) is 5.60 Å². The number of carbonyl (C=O) groups is 1. The minimum absolute atomic E-state index is 0.194. The van der Waals surface area contributed by atoms with Gasteiger partial charge in [0.2, 0.25) is 0 Å². The first-order valence-electron chi connectivity index (χ1n) is 11.3. The van der Waals surface area contributed by atoms with E-state index in [1.807, 2.05) is 51.1 Å². The summed E-state index contributed by atoms with van der Waals surface area (Å²) in [6, 6.07) is 20.3. The standard InChI is InChI=1S/C26H33N3O3/c1-26(2,3)32-25(31)28-17-15-27(16-18-28)19-23(30)24(21-10-5-4-6-11-21)29-14-13-20-9-7-8-12-22(20)29/h4-14,23-24,30H,15-19H2,1-3H3. The average Bonchev–Trinajstić information content (AvgIpc) is 3.18. The number of amides is 1. The van der Waals surface area contributed by atoms with Gasteiger partial charge in [0.05, 0.1) is 12.1 Å². The van der Waals surface area contributed by atoms with Gasteiger partial charge in [-0.05, 0) is 43.9 Å². The van der Waals surface area contributed by atoms with Crippen molar-refractivity contribution >= 4 is 17.0 Å². The van der Waals surface area contributed by atoms with E-state index in [0.717, 1.165) is 16.5 Å². The van der Waals surface area contributed by atoms with Crippen LogP contribution < -0.4 is 0 Å². The molecule has 1 N–H and O–H groups in total.